The molecular weight excluding hydrogens is 444 g/mol. The zero-order chi connectivity index (χ0) is 24.2. The van der Waals surface area contributed by atoms with Gasteiger partial charge in [-0.1, -0.05) is 17.7 Å². The van der Waals surface area contributed by atoms with Crippen molar-refractivity contribution in [3.63, 3.8) is 0 Å². The van der Waals surface area contributed by atoms with E-state index in [9.17, 15) is 4.79 Å². The normalized spacial score (nSPS) is 10.8. The third-order valence-corrected chi connectivity index (χ3v) is 5.93. The van der Waals surface area contributed by atoms with Gasteiger partial charge >= 0.3 is 0 Å². The van der Waals surface area contributed by atoms with Crippen molar-refractivity contribution in [3.05, 3.63) is 77.4 Å². The summed E-state index contributed by atoms with van der Waals surface area (Å²) in [5.74, 6) is -0.254. The van der Waals surface area contributed by atoms with Gasteiger partial charge in [0.25, 0.3) is 5.91 Å². The summed E-state index contributed by atoms with van der Waals surface area (Å²) >= 11 is 5.37. The van der Waals surface area contributed by atoms with Gasteiger partial charge < -0.3 is 10.2 Å². The van der Waals surface area contributed by atoms with E-state index in [1.807, 2.05) is 50.2 Å². The van der Waals surface area contributed by atoms with Crippen molar-refractivity contribution >= 4 is 45.6 Å². The van der Waals surface area contributed by atoms with Gasteiger partial charge in [-0.3, -0.25) is 10.1 Å². The third-order valence-electron chi connectivity index (χ3n) is 5.72. The maximum absolute atomic E-state index is 12.5. The van der Waals surface area contributed by atoms with Crippen molar-refractivity contribution in [1.29, 1.82) is 0 Å². The lowest BCUT2D eigenvalue weighted by molar-refractivity contribution is 0.0977. The van der Waals surface area contributed by atoms with Crippen molar-refractivity contribution in [3.8, 4) is 5.69 Å². The highest BCUT2D eigenvalue weighted by atomic mass is 32.1. The van der Waals surface area contributed by atoms with Crippen molar-refractivity contribution < 1.29 is 4.79 Å². The zero-order valence-electron chi connectivity index (χ0n) is 19.8. The number of amides is 1. The summed E-state index contributed by atoms with van der Waals surface area (Å²) in [6, 6.07) is 19.4. The van der Waals surface area contributed by atoms with Crippen molar-refractivity contribution in [2.75, 3.05) is 23.3 Å². The first kappa shape index (κ1) is 23.4. The average Bonchev–Trinajstić information content (AvgIpc) is 3.23. The fourth-order valence-corrected chi connectivity index (χ4v) is 3.94. The number of nitrogens with one attached hydrogen (secondary N) is 2. The lowest BCUT2D eigenvalue weighted by atomic mass is 10.1. The summed E-state index contributed by atoms with van der Waals surface area (Å²) in [6.07, 6.45) is 0. The molecule has 0 aliphatic heterocycles. The number of hydrogen-bond donors (Lipinski definition) is 2. The fraction of sp³-hybridized carbons (Fsp3) is 0.231. The molecule has 0 bridgehead atoms. The summed E-state index contributed by atoms with van der Waals surface area (Å²) < 4.78 is 0. The van der Waals surface area contributed by atoms with Gasteiger partial charge in [0.1, 0.15) is 11.0 Å². The second kappa shape index (κ2) is 10.0. The predicted molar refractivity (Wildman–Crippen MR) is 142 cm³/mol. The summed E-state index contributed by atoms with van der Waals surface area (Å²) in [4.78, 5) is 16.4. The van der Waals surface area contributed by atoms with Gasteiger partial charge in [0, 0.05) is 30.0 Å². The number of benzene rings is 3. The van der Waals surface area contributed by atoms with Crippen LogP contribution in [0.5, 0.6) is 0 Å². The van der Waals surface area contributed by atoms with E-state index >= 15 is 0 Å². The molecule has 0 atom stereocenters. The topological polar surface area (TPSA) is 75.1 Å². The molecule has 0 aliphatic rings. The van der Waals surface area contributed by atoms with Crippen LogP contribution in [0.2, 0.25) is 0 Å². The van der Waals surface area contributed by atoms with E-state index in [1.165, 1.54) is 5.69 Å². The van der Waals surface area contributed by atoms with Crippen molar-refractivity contribution in [1.82, 2.24) is 20.3 Å². The number of carbonyl (C=O) groups excluding carboxylic acids is 1. The number of aromatic nitrogens is 3. The van der Waals surface area contributed by atoms with Crippen LogP contribution in [-0.2, 0) is 0 Å². The number of nitrogens with zero attached hydrogens (tertiary/aromatic N) is 4. The summed E-state index contributed by atoms with van der Waals surface area (Å²) in [5.41, 5.74) is 6.94. The number of aryl methyl sites for hydroxylation is 2. The van der Waals surface area contributed by atoms with Crippen molar-refractivity contribution in [2.45, 2.75) is 27.7 Å². The Kier molecular flexibility index (Phi) is 6.88. The molecule has 1 aromatic heterocycles. The molecule has 1 amide bonds. The lowest BCUT2D eigenvalue weighted by Gasteiger charge is -2.20. The molecule has 34 heavy (non-hydrogen) atoms. The minimum Gasteiger partial charge on any atom is -0.372 e. The van der Waals surface area contributed by atoms with Gasteiger partial charge in [-0.2, -0.15) is 4.80 Å². The van der Waals surface area contributed by atoms with Crippen LogP contribution in [0.1, 0.15) is 35.3 Å². The second-order valence-electron chi connectivity index (χ2n) is 8.11. The molecule has 0 fully saturated rings. The smallest absolute Gasteiger partial charge is 0.257 e. The highest BCUT2D eigenvalue weighted by Crippen LogP contribution is 2.23. The lowest BCUT2D eigenvalue weighted by Crippen LogP contribution is -2.34. The van der Waals surface area contributed by atoms with Crippen LogP contribution >= 0.6 is 12.2 Å². The Morgan fingerprint density at radius 3 is 2.18 bits per heavy atom. The average molecular weight is 473 g/mol. The van der Waals surface area contributed by atoms with Gasteiger partial charge in [0.05, 0.1) is 5.69 Å². The molecular formula is C26H28N6OS. The first-order valence-electron chi connectivity index (χ1n) is 11.3. The molecule has 0 radical (unpaired) electrons. The van der Waals surface area contributed by atoms with Gasteiger partial charge in [-0.15, -0.1) is 10.2 Å². The Bertz CT molecular complexity index is 1320. The fourth-order valence-electron chi connectivity index (χ4n) is 3.74. The Hall–Kier alpha value is -3.78. The monoisotopic (exact) mass is 472 g/mol. The molecule has 8 heteroatoms. The van der Waals surface area contributed by atoms with E-state index in [1.54, 1.807) is 16.9 Å². The van der Waals surface area contributed by atoms with Crippen LogP contribution in [0, 0.1) is 13.8 Å². The molecule has 0 saturated carbocycles. The maximum Gasteiger partial charge on any atom is 0.257 e. The number of carbonyl (C=O) groups is 1. The number of anilines is 2. The molecule has 4 rings (SSSR count). The SMILES string of the molecule is CCN(CC)c1ccc(-n2nc3cc(C)c(NC(=S)NC(=O)c4ccc(C)cc4)cc3n2)cc1. The number of thiocarbonyl (C=S) groups is 1. The molecule has 2 N–H and O–H groups in total. The zero-order valence-corrected chi connectivity index (χ0v) is 20.6. The molecule has 4 aromatic rings. The molecule has 7 nitrogen and oxygen atoms in total. The van der Waals surface area contributed by atoms with Gasteiger partial charge in [-0.25, -0.2) is 0 Å². The van der Waals surface area contributed by atoms with E-state index in [0.717, 1.165) is 46.6 Å². The molecule has 0 spiro atoms. The van der Waals surface area contributed by atoms with Crippen LogP contribution < -0.4 is 15.5 Å². The highest BCUT2D eigenvalue weighted by Gasteiger charge is 2.12. The van der Waals surface area contributed by atoms with E-state index in [2.05, 4.69) is 51.7 Å². The molecule has 1 heterocycles. The minimum atomic E-state index is -0.254. The molecule has 0 aliphatic carbocycles. The Balaban J connectivity index is 1.50. The summed E-state index contributed by atoms with van der Waals surface area (Å²) in [6.45, 7) is 10.2. The highest BCUT2D eigenvalue weighted by molar-refractivity contribution is 7.80. The summed E-state index contributed by atoms with van der Waals surface area (Å²) in [5, 5.41) is 15.4. The van der Waals surface area contributed by atoms with Crippen LogP contribution in [-0.4, -0.2) is 39.1 Å². The molecule has 0 unspecified atom stereocenters. The van der Waals surface area contributed by atoms with Crippen LogP contribution in [0.3, 0.4) is 0 Å². The first-order valence-corrected chi connectivity index (χ1v) is 11.7. The van der Waals surface area contributed by atoms with Gasteiger partial charge in [0.2, 0.25) is 0 Å². The molecule has 3 aromatic carbocycles. The number of hydrogen-bond acceptors (Lipinski definition) is 5. The predicted octanol–water partition coefficient (Wildman–Crippen LogP) is 5.01. The third kappa shape index (κ3) is 5.07. The summed E-state index contributed by atoms with van der Waals surface area (Å²) in [7, 11) is 0. The standard InChI is InChI=1S/C26H28N6OS/c1-5-31(6-2)20-11-13-21(14-12-20)32-29-23-15-18(4)22(16-24(23)30-32)27-26(34)28-25(33)19-9-7-17(3)8-10-19/h7-16H,5-6H2,1-4H3,(H2,27,28,33,34). The van der Waals surface area contributed by atoms with Crippen molar-refractivity contribution in [2.24, 2.45) is 0 Å². The van der Waals surface area contributed by atoms with Crippen LogP contribution in [0.25, 0.3) is 16.7 Å². The van der Waals surface area contributed by atoms with E-state index in [0.29, 0.717) is 5.56 Å². The molecule has 0 saturated heterocycles. The second-order valence-corrected chi connectivity index (χ2v) is 8.52. The van der Waals surface area contributed by atoms with Gasteiger partial charge in [0.15, 0.2) is 5.11 Å². The Labute approximate surface area is 204 Å². The Morgan fingerprint density at radius 1 is 0.941 bits per heavy atom. The first-order chi connectivity index (χ1) is 16.4. The van der Waals surface area contributed by atoms with E-state index in [-0.39, 0.29) is 11.0 Å². The molecule has 174 valence electrons. The van der Waals surface area contributed by atoms with Crippen LogP contribution in [0.15, 0.2) is 60.7 Å². The number of fused-ring (bicyclic) bond motifs is 1. The van der Waals surface area contributed by atoms with E-state index in [4.69, 9.17) is 12.2 Å². The Morgan fingerprint density at radius 2 is 1.56 bits per heavy atom. The number of rotatable bonds is 6. The quantitative estimate of drug-likeness (QED) is 0.384. The maximum atomic E-state index is 12.5. The largest absolute Gasteiger partial charge is 0.372 e. The minimum absolute atomic E-state index is 0.229. The van der Waals surface area contributed by atoms with E-state index < -0.39 is 0 Å². The van der Waals surface area contributed by atoms with Gasteiger partial charge in [-0.05, 0) is 94.0 Å². The van der Waals surface area contributed by atoms with Crippen LogP contribution in [0.4, 0.5) is 11.4 Å².